The number of carbonyl (C=O) groups is 1. The van der Waals surface area contributed by atoms with Crippen molar-refractivity contribution in [3.63, 3.8) is 0 Å². The average Bonchev–Trinajstić information content (AvgIpc) is 2.81. The first-order valence-corrected chi connectivity index (χ1v) is 8.65. The lowest BCUT2D eigenvalue weighted by Gasteiger charge is -2.27. The molecule has 0 aliphatic carbocycles. The van der Waals surface area contributed by atoms with E-state index in [1.165, 1.54) is 4.90 Å². The molecule has 2 atom stereocenters. The van der Waals surface area contributed by atoms with Crippen molar-refractivity contribution in [2.24, 2.45) is 0 Å². The Kier molecular flexibility index (Phi) is 4.55. The highest BCUT2D eigenvalue weighted by atomic mass is 35.7. The Balaban J connectivity index is 2.33. The molecular weight excluding hydrogens is 321 g/mol. The van der Waals surface area contributed by atoms with Gasteiger partial charge in [-0.15, -0.1) is 0 Å². The molecular formula is C13H15ClFNO4S. The summed E-state index contributed by atoms with van der Waals surface area (Å²) in [5.41, 5.74) is -0.0594. The maximum absolute atomic E-state index is 13.5. The molecule has 0 N–H and O–H groups in total. The number of carbonyl (C=O) groups excluding carboxylic acids is 1. The zero-order valence-electron chi connectivity index (χ0n) is 11.5. The van der Waals surface area contributed by atoms with Crippen molar-refractivity contribution in [3.8, 4) is 0 Å². The summed E-state index contributed by atoms with van der Waals surface area (Å²) in [6.07, 6.45) is 0.558. The number of nitrogens with zero attached hydrogens (tertiary/aromatic N) is 1. The van der Waals surface area contributed by atoms with Gasteiger partial charge in [-0.1, -0.05) is 0 Å². The number of benzene rings is 1. The lowest BCUT2D eigenvalue weighted by molar-refractivity contribution is 0.0574. The van der Waals surface area contributed by atoms with Crippen LogP contribution in [0.4, 0.5) is 4.39 Å². The van der Waals surface area contributed by atoms with E-state index in [2.05, 4.69) is 0 Å². The van der Waals surface area contributed by atoms with Crippen LogP contribution in [0.1, 0.15) is 23.7 Å². The van der Waals surface area contributed by atoms with Gasteiger partial charge in [-0.05, 0) is 31.5 Å². The topological polar surface area (TPSA) is 63.7 Å². The quantitative estimate of drug-likeness (QED) is 0.793. The number of hydrogen-bond acceptors (Lipinski definition) is 4. The Morgan fingerprint density at radius 1 is 1.43 bits per heavy atom. The van der Waals surface area contributed by atoms with Gasteiger partial charge in [0.2, 0.25) is 0 Å². The van der Waals surface area contributed by atoms with E-state index >= 15 is 0 Å². The molecule has 0 bridgehead atoms. The monoisotopic (exact) mass is 335 g/mol. The van der Waals surface area contributed by atoms with Crippen LogP contribution in [-0.2, 0) is 13.8 Å². The zero-order valence-corrected chi connectivity index (χ0v) is 13.1. The smallest absolute Gasteiger partial charge is 0.261 e. The van der Waals surface area contributed by atoms with Crippen molar-refractivity contribution in [1.82, 2.24) is 4.90 Å². The van der Waals surface area contributed by atoms with E-state index < -0.39 is 25.7 Å². The molecule has 8 heteroatoms. The molecule has 1 amide bonds. The van der Waals surface area contributed by atoms with Gasteiger partial charge in [0, 0.05) is 29.9 Å². The highest BCUT2D eigenvalue weighted by molar-refractivity contribution is 8.13. The van der Waals surface area contributed by atoms with Crippen LogP contribution < -0.4 is 0 Å². The second-order valence-corrected chi connectivity index (χ2v) is 7.53. The van der Waals surface area contributed by atoms with Crippen LogP contribution in [0.5, 0.6) is 0 Å². The summed E-state index contributed by atoms with van der Waals surface area (Å²) < 4.78 is 41.5. The van der Waals surface area contributed by atoms with Crippen molar-refractivity contribution in [2.75, 3.05) is 13.7 Å². The summed E-state index contributed by atoms with van der Waals surface area (Å²) in [6, 6.07) is 2.72. The summed E-state index contributed by atoms with van der Waals surface area (Å²) in [5.74, 6) is -1.30. The fourth-order valence-electron chi connectivity index (χ4n) is 2.41. The molecule has 1 aliphatic rings. The maximum atomic E-state index is 13.5. The van der Waals surface area contributed by atoms with E-state index in [0.29, 0.717) is 13.0 Å². The predicted octanol–water partition coefficient (Wildman–Crippen LogP) is 2.00. The Morgan fingerprint density at radius 3 is 2.62 bits per heavy atom. The van der Waals surface area contributed by atoms with Crippen molar-refractivity contribution in [3.05, 3.63) is 29.6 Å². The molecule has 1 saturated heterocycles. The third-order valence-electron chi connectivity index (χ3n) is 3.55. The Morgan fingerprint density at radius 2 is 2.10 bits per heavy atom. The van der Waals surface area contributed by atoms with Gasteiger partial charge in [0.15, 0.2) is 0 Å². The van der Waals surface area contributed by atoms with Gasteiger partial charge in [-0.3, -0.25) is 4.79 Å². The lowest BCUT2D eigenvalue weighted by Crippen LogP contribution is -2.41. The first-order chi connectivity index (χ1) is 9.70. The highest BCUT2D eigenvalue weighted by Gasteiger charge is 2.31. The molecule has 1 aliphatic heterocycles. The number of ether oxygens (including phenoxy) is 1. The van der Waals surface area contributed by atoms with Gasteiger partial charge in [0.05, 0.1) is 17.0 Å². The molecule has 2 unspecified atom stereocenters. The predicted molar refractivity (Wildman–Crippen MR) is 75.4 cm³/mol. The first-order valence-electron chi connectivity index (χ1n) is 6.34. The number of likely N-dealkylation sites (N-methyl/N-ethyl adjacent to an activating group) is 1. The van der Waals surface area contributed by atoms with Crippen molar-refractivity contribution in [2.45, 2.75) is 30.4 Å². The van der Waals surface area contributed by atoms with Crippen LogP contribution in [-0.4, -0.2) is 45.0 Å². The van der Waals surface area contributed by atoms with E-state index in [-0.39, 0.29) is 17.7 Å². The van der Waals surface area contributed by atoms with Crippen LogP contribution >= 0.6 is 10.7 Å². The van der Waals surface area contributed by atoms with E-state index in [1.54, 1.807) is 7.05 Å². The molecule has 116 valence electrons. The number of hydrogen-bond donors (Lipinski definition) is 0. The molecule has 1 aromatic carbocycles. The van der Waals surface area contributed by atoms with Crippen LogP contribution in [0.2, 0.25) is 0 Å². The van der Waals surface area contributed by atoms with Gasteiger partial charge >= 0.3 is 0 Å². The molecule has 2 rings (SSSR count). The molecule has 1 fully saturated rings. The number of rotatable bonds is 3. The molecule has 0 aromatic heterocycles. The van der Waals surface area contributed by atoms with E-state index in [4.69, 9.17) is 15.4 Å². The molecule has 0 radical (unpaired) electrons. The Bertz CT molecular complexity index is 664. The van der Waals surface area contributed by atoms with Crippen molar-refractivity contribution in [1.29, 1.82) is 0 Å². The van der Waals surface area contributed by atoms with Gasteiger partial charge < -0.3 is 9.64 Å². The van der Waals surface area contributed by atoms with E-state index in [9.17, 15) is 17.6 Å². The molecule has 0 saturated carbocycles. The number of amides is 1. The SMILES string of the molecule is CC1OCCC1N(C)C(=O)c1cc(F)cc(S(=O)(=O)Cl)c1. The van der Waals surface area contributed by atoms with Crippen molar-refractivity contribution >= 4 is 25.6 Å². The van der Waals surface area contributed by atoms with E-state index in [0.717, 1.165) is 18.2 Å². The fourth-order valence-corrected chi connectivity index (χ4v) is 3.20. The summed E-state index contributed by atoms with van der Waals surface area (Å²) in [7, 11) is 2.68. The lowest BCUT2D eigenvalue weighted by atomic mass is 10.1. The summed E-state index contributed by atoms with van der Waals surface area (Å²) in [6.45, 7) is 2.40. The van der Waals surface area contributed by atoms with Crippen LogP contribution in [0.3, 0.4) is 0 Å². The third-order valence-corrected chi connectivity index (χ3v) is 4.89. The van der Waals surface area contributed by atoms with Crippen molar-refractivity contribution < 1.29 is 22.3 Å². The van der Waals surface area contributed by atoms with Crippen LogP contribution in [0.15, 0.2) is 23.1 Å². The standard InChI is InChI=1S/C13H15ClFNO4S/c1-8-12(3-4-20-8)16(2)13(17)9-5-10(15)7-11(6-9)21(14,18)19/h5-8,12H,3-4H2,1-2H3. The van der Waals surface area contributed by atoms with Crippen LogP contribution in [0, 0.1) is 5.82 Å². The fraction of sp³-hybridized carbons (Fsp3) is 0.462. The zero-order chi connectivity index (χ0) is 15.8. The average molecular weight is 336 g/mol. The van der Waals surface area contributed by atoms with Gasteiger partial charge in [0.1, 0.15) is 5.82 Å². The molecule has 5 nitrogen and oxygen atoms in total. The Labute approximate surface area is 127 Å². The highest BCUT2D eigenvalue weighted by Crippen LogP contribution is 2.23. The largest absolute Gasteiger partial charge is 0.376 e. The molecule has 1 aromatic rings. The van der Waals surface area contributed by atoms with Gasteiger partial charge in [-0.2, -0.15) is 0 Å². The number of halogens is 2. The maximum Gasteiger partial charge on any atom is 0.261 e. The Hall–Kier alpha value is -1.18. The normalized spacial score (nSPS) is 22.3. The first kappa shape index (κ1) is 16.2. The third kappa shape index (κ3) is 3.53. The molecule has 1 heterocycles. The summed E-state index contributed by atoms with van der Waals surface area (Å²) in [5, 5.41) is 0. The summed E-state index contributed by atoms with van der Waals surface area (Å²) >= 11 is 0. The van der Waals surface area contributed by atoms with Gasteiger partial charge in [-0.25, -0.2) is 12.8 Å². The molecule has 21 heavy (non-hydrogen) atoms. The van der Waals surface area contributed by atoms with Gasteiger partial charge in [0.25, 0.3) is 15.0 Å². The minimum absolute atomic E-state index is 0.0594. The molecule has 0 spiro atoms. The second kappa shape index (κ2) is 5.90. The second-order valence-electron chi connectivity index (χ2n) is 4.96. The minimum atomic E-state index is -4.10. The minimum Gasteiger partial charge on any atom is -0.376 e. The van der Waals surface area contributed by atoms with Crippen LogP contribution in [0.25, 0.3) is 0 Å². The summed E-state index contributed by atoms with van der Waals surface area (Å²) in [4.78, 5) is 13.4. The van der Waals surface area contributed by atoms with E-state index in [1.807, 2.05) is 6.92 Å².